The highest BCUT2D eigenvalue weighted by Gasteiger charge is 2.38. The second-order valence-electron chi connectivity index (χ2n) is 9.48. The second kappa shape index (κ2) is 14.3. The van der Waals surface area contributed by atoms with Gasteiger partial charge in [0.05, 0.1) is 12.6 Å². The summed E-state index contributed by atoms with van der Waals surface area (Å²) in [5.74, 6) is -3.82. The van der Waals surface area contributed by atoms with E-state index < -0.39 is 30.2 Å². The van der Waals surface area contributed by atoms with E-state index in [0.717, 1.165) is 21.9 Å². The Morgan fingerprint density at radius 3 is 2.38 bits per heavy atom. The number of anilines is 1. The molecule has 224 valence electrons. The molecule has 0 bridgehead atoms. The Morgan fingerprint density at radius 1 is 1.05 bits per heavy atom. The molecular formula is C28H30F3N5O6. The third kappa shape index (κ3) is 8.89. The summed E-state index contributed by atoms with van der Waals surface area (Å²) in [5.41, 5.74) is 7.74. The highest BCUT2D eigenvalue weighted by molar-refractivity contribution is 5.92. The van der Waals surface area contributed by atoms with Crippen LogP contribution in [0.5, 0.6) is 0 Å². The van der Waals surface area contributed by atoms with E-state index in [-0.39, 0.29) is 18.4 Å². The zero-order valence-electron chi connectivity index (χ0n) is 22.3. The van der Waals surface area contributed by atoms with Gasteiger partial charge in [0.1, 0.15) is 11.9 Å². The van der Waals surface area contributed by atoms with E-state index in [4.69, 9.17) is 20.7 Å². The molecule has 11 nitrogen and oxygen atoms in total. The predicted octanol–water partition coefficient (Wildman–Crippen LogP) is 2.34. The van der Waals surface area contributed by atoms with Gasteiger partial charge in [-0.05, 0) is 47.9 Å². The fourth-order valence-corrected chi connectivity index (χ4v) is 4.48. The summed E-state index contributed by atoms with van der Waals surface area (Å²) in [4.78, 5) is 52.1. The van der Waals surface area contributed by atoms with E-state index in [1.165, 1.54) is 0 Å². The summed E-state index contributed by atoms with van der Waals surface area (Å²) in [6.45, 7) is 0.440. The maximum Gasteiger partial charge on any atom is 0.490 e. The van der Waals surface area contributed by atoms with Gasteiger partial charge in [0.2, 0.25) is 11.8 Å². The molecule has 2 aromatic carbocycles. The molecular weight excluding hydrogens is 559 g/mol. The smallest absolute Gasteiger partial charge is 0.480 e. The Hall–Kier alpha value is -4.72. The number of carboxylic acids is 2. The first-order chi connectivity index (χ1) is 19.9. The molecule has 1 fully saturated rings. The van der Waals surface area contributed by atoms with Crippen molar-refractivity contribution < 1.29 is 42.6 Å². The van der Waals surface area contributed by atoms with E-state index in [0.29, 0.717) is 38.2 Å². The number of aromatic nitrogens is 1. The van der Waals surface area contributed by atoms with Crippen molar-refractivity contribution in [3.05, 3.63) is 71.9 Å². The number of rotatable bonds is 9. The lowest BCUT2D eigenvalue weighted by atomic mass is 10.0. The Morgan fingerprint density at radius 2 is 1.74 bits per heavy atom. The van der Waals surface area contributed by atoms with Crippen molar-refractivity contribution in [2.24, 2.45) is 0 Å². The zero-order valence-corrected chi connectivity index (χ0v) is 22.3. The molecule has 1 aliphatic heterocycles. The van der Waals surface area contributed by atoms with Crippen molar-refractivity contribution in [3.8, 4) is 0 Å². The highest BCUT2D eigenvalue weighted by Crippen LogP contribution is 2.22. The average molecular weight is 590 g/mol. The van der Waals surface area contributed by atoms with Crippen LogP contribution in [0.25, 0.3) is 10.8 Å². The molecule has 3 aromatic rings. The normalized spacial score (nSPS) is 15.4. The van der Waals surface area contributed by atoms with Crippen LogP contribution in [-0.4, -0.2) is 75.2 Å². The number of alkyl halides is 3. The van der Waals surface area contributed by atoms with E-state index in [9.17, 15) is 27.6 Å². The van der Waals surface area contributed by atoms with Crippen LogP contribution >= 0.6 is 0 Å². The molecule has 0 radical (unpaired) electrons. The van der Waals surface area contributed by atoms with Crippen molar-refractivity contribution in [2.45, 2.75) is 44.1 Å². The van der Waals surface area contributed by atoms with Crippen molar-refractivity contribution in [2.75, 3.05) is 18.8 Å². The minimum absolute atomic E-state index is 0.220. The minimum Gasteiger partial charge on any atom is -0.480 e. The molecule has 0 spiro atoms. The maximum absolute atomic E-state index is 13.4. The van der Waals surface area contributed by atoms with Crippen LogP contribution in [0.2, 0.25) is 0 Å². The Labute approximate surface area is 238 Å². The van der Waals surface area contributed by atoms with E-state index in [2.05, 4.69) is 15.6 Å². The Kier molecular flexibility index (Phi) is 10.8. The van der Waals surface area contributed by atoms with Crippen molar-refractivity contribution in [1.82, 2.24) is 20.5 Å². The van der Waals surface area contributed by atoms with E-state index in [1.807, 2.05) is 54.6 Å². The molecule has 2 atom stereocenters. The number of amides is 2. The molecule has 1 aliphatic rings. The standard InChI is InChI=1S/C26H29N5O4.C2HF3O2/c27-24-20-9-8-18(13-19(20)10-11-28-24)15-30-25(34)22-7-4-12-31(22)26(35)21(29-16-23(32)33)14-17-5-2-1-3-6-17;3-2(4,5)1(6)7/h1-3,5-6,8-11,13,21-22,29H,4,7,12,14-16H2,(H2,27,28)(H,30,34)(H,32,33);(H,6,7)/t21-,22+;/m1./s1. The van der Waals surface area contributed by atoms with Crippen molar-refractivity contribution in [1.29, 1.82) is 0 Å². The lowest BCUT2D eigenvalue weighted by Gasteiger charge is -2.28. The number of benzene rings is 2. The summed E-state index contributed by atoms with van der Waals surface area (Å²) in [5, 5.41) is 23.8. The average Bonchev–Trinajstić information content (AvgIpc) is 3.44. The van der Waals surface area contributed by atoms with Crippen LogP contribution in [0.1, 0.15) is 24.0 Å². The maximum atomic E-state index is 13.4. The van der Waals surface area contributed by atoms with E-state index >= 15 is 0 Å². The highest BCUT2D eigenvalue weighted by atomic mass is 19.4. The molecule has 2 amide bonds. The molecule has 1 aromatic heterocycles. The second-order valence-corrected chi connectivity index (χ2v) is 9.48. The summed E-state index contributed by atoms with van der Waals surface area (Å²) in [6, 6.07) is 15.7. The van der Waals surface area contributed by atoms with E-state index in [1.54, 1.807) is 11.1 Å². The number of hydrogen-bond donors (Lipinski definition) is 5. The van der Waals surface area contributed by atoms with Gasteiger partial charge in [-0.15, -0.1) is 0 Å². The fraction of sp³-hybridized carbons (Fsp3) is 0.321. The number of nitrogens with zero attached hydrogens (tertiary/aromatic N) is 2. The largest absolute Gasteiger partial charge is 0.490 e. The molecule has 4 rings (SSSR count). The number of carboxylic acid groups (broad SMARTS) is 2. The molecule has 0 unspecified atom stereocenters. The summed E-state index contributed by atoms with van der Waals surface area (Å²) in [7, 11) is 0. The van der Waals surface area contributed by atoms with Gasteiger partial charge >= 0.3 is 18.1 Å². The summed E-state index contributed by atoms with van der Waals surface area (Å²) < 4.78 is 31.7. The van der Waals surface area contributed by atoms with Crippen LogP contribution in [0, 0.1) is 0 Å². The number of hydrogen-bond acceptors (Lipinski definition) is 7. The predicted molar refractivity (Wildman–Crippen MR) is 146 cm³/mol. The molecule has 14 heteroatoms. The number of carbonyl (C=O) groups excluding carboxylic acids is 2. The Balaban J connectivity index is 0.000000616. The topological polar surface area (TPSA) is 175 Å². The van der Waals surface area contributed by atoms with Crippen molar-refractivity contribution >= 4 is 40.3 Å². The van der Waals surface area contributed by atoms with Gasteiger partial charge in [-0.3, -0.25) is 19.7 Å². The van der Waals surface area contributed by atoms with Crippen LogP contribution in [0.4, 0.5) is 19.0 Å². The number of carbonyl (C=O) groups is 4. The molecule has 1 saturated heterocycles. The minimum atomic E-state index is -5.08. The number of nitrogens with two attached hydrogens (primary N) is 1. The quantitative estimate of drug-likeness (QED) is 0.251. The van der Waals surface area contributed by atoms with Gasteiger partial charge in [0.15, 0.2) is 0 Å². The monoisotopic (exact) mass is 589 g/mol. The first-order valence-corrected chi connectivity index (χ1v) is 12.9. The van der Waals surface area contributed by atoms with Crippen LogP contribution < -0.4 is 16.4 Å². The van der Waals surface area contributed by atoms with Gasteiger partial charge in [0, 0.05) is 24.7 Å². The third-order valence-corrected chi connectivity index (χ3v) is 6.49. The summed E-state index contributed by atoms with van der Waals surface area (Å²) >= 11 is 0. The molecule has 0 aliphatic carbocycles. The number of nitrogens with one attached hydrogen (secondary N) is 2. The third-order valence-electron chi connectivity index (χ3n) is 6.49. The lowest BCUT2D eigenvalue weighted by molar-refractivity contribution is -0.192. The van der Waals surface area contributed by atoms with Crippen LogP contribution in [0.15, 0.2) is 60.8 Å². The van der Waals surface area contributed by atoms with Gasteiger partial charge in [0.25, 0.3) is 0 Å². The molecule has 2 heterocycles. The Bertz CT molecular complexity index is 1420. The first kappa shape index (κ1) is 31.8. The molecule has 42 heavy (non-hydrogen) atoms. The van der Waals surface area contributed by atoms with Gasteiger partial charge < -0.3 is 26.2 Å². The number of fused-ring (bicyclic) bond motifs is 1. The number of aliphatic carboxylic acids is 2. The first-order valence-electron chi connectivity index (χ1n) is 12.9. The van der Waals surface area contributed by atoms with Gasteiger partial charge in [-0.2, -0.15) is 13.2 Å². The molecule has 6 N–H and O–H groups in total. The zero-order chi connectivity index (χ0) is 30.9. The van der Waals surface area contributed by atoms with Crippen LogP contribution in [-0.2, 0) is 32.1 Å². The lowest BCUT2D eigenvalue weighted by Crippen LogP contribution is -2.53. The van der Waals surface area contributed by atoms with Crippen LogP contribution in [0.3, 0.4) is 0 Å². The number of nitrogen functional groups attached to an aromatic ring is 1. The van der Waals surface area contributed by atoms with Gasteiger partial charge in [-0.1, -0.05) is 42.5 Å². The fourth-order valence-electron chi connectivity index (χ4n) is 4.48. The SMILES string of the molecule is Nc1nccc2cc(CNC(=O)[C@@H]3CCCN3C(=O)[C@@H](Cc3ccccc3)NCC(=O)O)ccc12.O=C(O)C(F)(F)F. The molecule has 0 saturated carbocycles. The number of likely N-dealkylation sites (tertiary alicyclic amines) is 1. The summed E-state index contributed by atoms with van der Waals surface area (Å²) in [6.07, 6.45) is -1.82. The number of halogens is 3. The van der Waals surface area contributed by atoms with Crippen molar-refractivity contribution in [3.63, 3.8) is 0 Å². The number of pyridine rings is 1. The van der Waals surface area contributed by atoms with Gasteiger partial charge in [-0.25, -0.2) is 9.78 Å².